The highest BCUT2D eigenvalue weighted by Crippen LogP contribution is 2.04. The van der Waals surface area contributed by atoms with E-state index in [0.29, 0.717) is 6.54 Å². The molecule has 0 saturated carbocycles. The standard InChI is InChI=1S/C15H21NO2/c1-12(2)14(15(17)18-3)16-11-7-10-13-8-5-4-6-9-13/h4-10,12,14,16H,11H2,1-3H3. The second-order valence-electron chi connectivity index (χ2n) is 4.47. The molecule has 0 fully saturated rings. The molecular weight excluding hydrogens is 226 g/mol. The lowest BCUT2D eigenvalue weighted by Gasteiger charge is -2.18. The van der Waals surface area contributed by atoms with Gasteiger partial charge in [-0.05, 0) is 11.5 Å². The van der Waals surface area contributed by atoms with Crippen LogP contribution in [-0.4, -0.2) is 25.7 Å². The van der Waals surface area contributed by atoms with Gasteiger partial charge in [-0.1, -0.05) is 56.3 Å². The van der Waals surface area contributed by atoms with Crippen molar-refractivity contribution in [3.8, 4) is 0 Å². The first-order valence-electron chi connectivity index (χ1n) is 6.18. The summed E-state index contributed by atoms with van der Waals surface area (Å²) >= 11 is 0. The third-order valence-electron chi connectivity index (χ3n) is 2.69. The molecule has 1 atom stereocenters. The first-order chi connectivity index (χ1) is 8.65. The zero-order valence-corrected chi connectivity index (χ0v) is 11.2. The van der Waals surface area contributed by atoms with Crippen molar-refractivity contribution in [2.75, 3.05) is 13.7 Å². The zero-order valence-electron chi connectivity index (χ0n) is 11.2. The Morgan fingerprint density at radius 2 is 2.00 bits per heavy atom. The number of hydrogen-bond donors (Lipinski definition) is 1. The predicted molar refractivity (Wildman–Crippen MR) is 74.1 cm³/mol. The summed E-state index contributed by atoms with van der Waals surface area (Å²) in [4.78, 5) is 11.5. The molecule has 0 amide bonds. The minimum absolute atomic E-state index is 0.210. The monoisotopic (exact) mass is 247 g/mol. The van der Waals surface area contributed by atoms with Crippen molar-refractivity contribution >= 4 is 12.0 Å². The van der Waals surface area contributed by atoms with Crippen molar-refractivity contribution in [2.24, 2.45) is 5.92 Å². The number of methoxy groups -OCH3 is 1. The molecule has 0 aliphatic rings. The molecule has 0 aliphatic carbocycles. The molecule has 0 saturated heterocycles. The Balaban J connectivity index is 2.44. The van der Waals surface area contributed by atoms with Gasteiger partial charge in [0.1, 0.15) is 6.04 Å². The third kappa shape index (κ3) is 4.72. The minimum atomic E-state index is -0.254. The maximum Gasteiger partial charge on any atom is 0.323 e. The Morgan fingerprint density at radius 1 is 1.33 bits per heavy atom. The Hall–Kier alpha value is -1.61. The molecule has 1 aromatic carbocycles. The van der Waals surface area contributed by atoms with Crippen molar-refractivity contribution < 1.29 is 9.53 Å². The van der Waals surface area contributed by atoms with Gasteiger partial charge in [0.15, 0.2) is 0 Å². The van der Waals surface area contributed by atoms with Gasteiger partial charge in [-0.15, -0.1) is 0 Å². The van der Waals surface area contributed by atoms with E-state index in [1.165, 1.54) is 7.11 Å². The van der Waals surface area contributed by atoms with Crippen LogP contribution in [0.5, 0.6) is 0 Å². The lowest BCUT2D eigenvalue weighted by molar-refractivity contribution is -0.144. The highest BCUT2D eigenvalue weighted by atomic mass is 16.5. The molecule has 0 aliphatic heterocycles. The number of hydrogen-bond acceptors (Lipinski definition) is 3. The number of rotatable bonds is 6. The third-order valence-corrected chi connectivity index (χ3v) is 2.69. The van der Waals surface area contributed by atoms with Crippen LogP contribution in [-0.2, 0) is 9.53 Å². The van der Waals surface area contributed by atoms with Crippen LogP contribution in [0.4, 0.5) is 0 Å². The number of nitrogens with one attached hydrogen (secondary N) is 1. The van der Waals surface area contributed by atoms with Gasteiger partial charge in [0, 0.05) is 6.54 Å². The predicted octanol–water partition coefficient (Wildman–Crippen LogP) is 2.49. The molecule has 0 radical (unpaired) electrons. The smallest absolute Gasteiger partial charge is 0.323 e. The first-order valence-corrected chi connectivity index (χ1v) is 6.18. The second kappa shape index (κ2) is 7.67. The molecule has 1 unspecified atom stereocenters. The summed E-state index contributed by atoms with van der Waals surface area (Å²) < 4.78 is 4.76. The summed E-state index contributed by atoms with van der Waals surface area (Å²) in [7, 11) is 1.42. The minimum Gasteiger partial charge on any atom is -0.468 e. The van der Waals surface area contributed by atoms with Crippen LogP contribution < -0.4 is 5.32 Å². The van der Waals surface area contributed by atoms with E-state index in [2.05, 4.69) is 5.32 Å². The molecule has 3 nitrogen and oxygen atoms in total. The lowest BCUT2D eigenvalue weighted by Crippen LogP contribution is -2.41. The average Bonchev–Trinajstić information content (AvgIpc) is 2.38. The van der Waals surface area contributed by atoms with E-state index >= 15 is 0 Å². The molecule has 0 aromatic heterocycles. The van der Waals surface area contributed by atoms with Gasteiger partial charge >= 0.3 is 5.97 Å². The summed E-state index contributed by atoms with van der Waals surface area (Å²) in [5, 5.41) is 3.18. The highest BCUT2D eigenvalue weighted by Gasteiger charge is 2.21. The van der Waals surface area contributed by atoms with Crippen LogP contribution in [0.1, 0.15) is 19.4 Å². The van der Waals surface area contributed by atoms with E-state index in [0.717, 1.165) is 5.56 Å². The van der Waals surface area contributed by atoms with E-state index in [4.69, 9.17) is 4.74 Å². The highest BCUT2D eigenvalue weighted by molar-refractivity contribution is 5.75. The Labute approximate surface area is 109 Å². The maximum absolute atomic E-state index is 11.5. The molecule has 0 heterocycles. The van der Waals surface area contributed by atoms with Gasteiger partial charge in [0.2, 0.25) is 0 Å². The quantitative estimate of drug-likeness (QED) is 0.785. The SMILES string of the molecule is COC(=O)C(NCC=Cc1ccccc1)C(C)C. The van der Waals surface area contributed by atoms with Crippen molar-refractivity contribution in [1.29, 1.82) is 0 Å². The summed E-state index contributed by atoms with van der Waals surface area (Å²) in [5.41, 5.74) is 1.15. The fourth-order valence-electron chi connectivity index (χ4n) is 1.67. The summed E-state index contributed by atoms with van der Waals surface area (Å²) in [6.07, 6.45) is 4.04. The van der Waals surface area contributed by atoms with E-state index in [-0.39, 0.29) is 17.9 Å². The molecule has 3 heteroatoms. The summed E-state index contributed by atoms with van der Waals surface area (Å²) in [6, 6.07) is 9.81. The van der Waals surface area contributed by atoms with Crippen LogP contribution in [0.25, 0.3) is 6.08 Å². The fraction of sp³-hybridized carbons (Fsp3) is 0.400. The van der Waals surface area contributed by atoms with E-state index in [9.17, 15) is 4.79 Å². The molecule has 1 rings (SSSR count). The van der Waals surface area contributed by atoms with Crippen LogP contribution in [0, 0.1) is 5.92 Å². The van der Waals surface area contributed by atoms with Crippen molar-refractivity contribution in [1.82, 2.24) is 5.32 Å². The molecule has 0 spiro atoms. The fourth-order valence-corrected chi connectivity index (χ4v) is 1.67. The molecule has 98 valence electrons. The van der Waals surface area contributed by atoms with Crippen LogP contribution >= 0.6 is 0 Å². The lowest BCUT2D eigenvalue weighted by atomic mass is 10.0. The van der Waals surface area contributed by atoms with Crippen LogP contribution in [0.15, 0.2) is 36.4 Å². The van der Waals surface area contributed by atoms with E-state index in [1.54, 1.807) is 0 Å². The Kier molecular flexibility index (Phi) is 6.15. The van der Waals surface area contributed by atoms with Crippen molar-refractivity contribution in [3.05, 3.63) is 42.0 Å². The van der Waals surface area contributed by atoms with Crippen LogP contribution in [0.2, 0.25) is 0 Å². The van der Waals surface area contributed by atoms with Gasteiger partial charge in [-0.2, -0.15) is 0 Å². The molecule has 18 heavy (non-hydrogen) atoms. The van der Waals surface area contributed by atoms with Crippen LogP contribution in [0.3, 0.4) is 0 Å². The number of carbonyl (C=O) groups excluding carboxylic acids is 1. The molecule has 1 N–H and O–H groups in total. The molecule has 0 bridgehead atoms. The van der Waals surface area contributed by atoms with Gasteiger partial charge in [0.05, 0.1) is 7.11 Å². The maximum atomic E-state index is 11.5. The van der Waals surface area contributed by atoms with Gasteiger partial charge < -0.3 is 10.1 Å². The Bertz CT molecular complexity index is 385. The normalized spacial score (nSPS) is 12.9. The van der Waals surface area contributed by atoms with Gasteiger partial charge in [0.25, 0.3) is 0 Å². The van der Waals surface area contributed by atoms with Gasteiger partial charge in [-0.3, -0.25) is 4.79 Å². The number of ether oxygens (including phenoxy) is 1. The average molecular weight is 247 g/mol. The largest absolute Gasteiger partial charge is 0.468 e. The van der Waals surface area contributed by atoms with Crippen molar-refractivity contribution in [3.63, 3.8) is 0 Å². The van der Waals surface area contributed by atoms with Crippen molar-refractivity contribution in [2.45, 2.75) is 19.9 Å². The first kappa shape index (κ1) is 14.5. The van der Waals surface area contributed by atoms with Gasteiger partial charge in [-0.25, -0.2) is 0 Å². The number of benzene rings is 1. The number of esters is 1. The molecular formula is C15H21NO2. The van der Waals surface area contributed by atoms with E-state index in [1.807, 2.05) is 56.3 Å². The van der Waals surface area contributed by atoms with E-state index < -0.39 is 0 Å². The number of carbonyl (C=O) groups is 1. The zero-order chi connectivity index (χ0) is 13.4. The Morgan fingerprint density at radius 3 is 2.56 bits per heavy atom. The second-order valence-corrected chi connectivity index (χ2v) is 4.47. The summed E-state index contributed by atoms with van der Waals surface area (Å²) in [6.45, 7) is 4.64. The topological polar surface area (TPSA) is 38.3 Å². The summed E-state index contributed by atoms with van der Waals surface area (Å²) in [5.74, 6) is 0.000636. The molecule has 1 aromatic rings.